The molecule has 0 aromatic heterocycles. The fourth-order valence-electron chi connectivity index (χ4n) is 2.71. The lowest BCUT2D eigenvalue weighted by Crippen LogP contribution is -2.38. The van der Waals surface area contributed by atoms with Gasteiger partial charge in [0.05, 0.1) is 6.54 Å². The molecule has 2 N–H and O–H groups in total. The van der Waals surface area contributed by atoms with Crippen LogP contribution in [0.4, 0.5) is 4.39 Å². The molecule has 2 aromatic rings. The van der Waals surface area contributed by atoms with Gasteiger partial charge in [-0.05, 0) is 47.7 Å². The maximum Gasteiger partial charge on any atom is 0.233 e. The van der Waals surface area contributed by atoms with E-state index in [1.807, 2.05) is 24.3 Å². The van der Waals surface area contributed by atoms with Gasteiger partial charge in [-0.25, -0.2) is 4.39 Å². The van der Waals surface area contributed by atoms with Crippen molar-refractivity contribution in [3.05, 3.63) is 70.5 Å². The van der Waals surface area contributed by atoms with Crippen LogP contribution in [0.1, 0.15) is 31.0 Å². The van der Waals surface area contributed by atoms with Crippen molar-refractivity contribution in [3.63, 3.8) is 0 Å². The van der Waals surface area contributed by atoms with E-state index in [4.69, 9.17) is 11.6 Å². The lowest BCUT2D eigenvalue weighted by molar-refractivity contribution is -0.120. The van der Waals surface area contributed by atoms with Gasteiger partial charge in [0.1, 0.15) is 5.82 Å². The van der Waals surface area contributed by atoms with Gasteiger partial charge in [0.2, 0.25) is 5.91 Å². The topological polar surface area (TPSA) is 41.1 Å². The normalized spacial score (nSPS) is 12.2. The SMILES string of the molecule is CC(C)[C@H](NCC(=O)NCCc1cccc(Cl)c1)c1ccc(F)cc1. The van der Waals surface area contributed by atoms with Crippen LogP contribution in [0.15, 0.2) is 48.5 Å². The van der Waals surface area contributed by atoms with Gasteiger partial charge < -0.3 is 10.6 Å². The molecule has 2 aromatic carbocycles. The first-order chi connectivity index (χ1) is 12.0. The summed E-state index contributed by atoms with van der Waals surface area (Å²) in [7, 11) is 0. The van der Waals surface area contributed by atoms with Crippen molar-refractivity contribution in [2.24, 2.45) is 5.92 Å². The van der Waals surface area contributed by atoms with Crippen LogP contribution in [0.3, 0.4) is 0 Å². The van der Waals surface area contributed by atoms with E-state index in [0.717, 1.165) is 17.5 Å². The van der Waals surface area contributed by atoms with Crippen LogP contribution >= 0.6 is 11.6 Å². The monoisotopic (exact) mass is 362 g/mol. The molecule has 0 heterocycles. The summed E-state index contributed by atoms with van der Waals surface area (Å²) >= 11 is 5.95. The average molecular weight is 363 g/mol. The van der Waals surface area contributed by atoms with Crippen molar-refractivity contribution in [1.29, 1.82) is 0 Å². The Bertz CT molecular complexity index is 688. The Labute approximate surface area is 153 Å². The van der Waals surface area contributed by atoms with E-state index in [2.05, 4.69) is 24.5 Å². The van der Waals surface area contributed by atoms with Gasteiger partial charge in [0, 0.05) is 17.6 Å². The Morgan fingerprint density at radius 2 is 1.88 bits per heavy atom. The summed E-state index contributed by atoms with van der Waals surface area (Å²) < 4.78 is 13.1. The molecule has 0 aliphatic heterocycles. The van der Waals surface area contributed by atoms with E-state index in [1.165, 1.54) is 12.1 Å². The standard InChI is InChI=1S/C20H24ClFN2O/c1-14(2)20(16-6-8-18(22)9-7-16)24-13-19(25)23-11-10-15-4-3-5-17(21)12-15/h3-9,12,14,20,24H,10-11,13H2,1-2H3,(H,23,25)/t20-/m0/s1. The molecule has 134 valence electrons. The Hall–Kier alpha value is -1.91. The zero-order valence-corrected chi connectivity index (χ0v) is 15.3. The fraction of sp³-hybridized carbons (Fsp3) is 0.350. The van der Waals surface area contributed by atoms with E-state index in [0.29, 0.717) is 11.6 Å². The second-order valence-corrected chi connectivity index (χ2v) is 6.82. The highest BCUT2D eigenvalue weighted by Crippen LogP contribution is 2.21. The van der Waals surface area contributed by atoms with Gasteiger partial charge in [-0.15, -0.1) is 0 Å². The molecular weight excluding hydrogens is 339 g/mol. The summed E-state index contributed by atoms with van der Waals surface area (Å²) in [6.07, 6.45) is 0.734. The highest BCUT2D eigenvalue weighted by atomic mass is 35.5. The van der Waals surface area contributed by atoms with Crippen LogP contribution in [-0.2, 0) is 11.2 Å². The number of hydrogen-bond acceptors (Lipinski definition) is 2. The third-order valence-electron chi connectivity index (χ3n) is 4.00. The Kier molecular flexibility index (Phi) is 7.41. The minimum absolute atomic E-state index is 0.000667. The largest absolute Gasteiger partial charge is 0.355 e. The predicted molar refractivity (Wildman–Crippen MR) is 100 cm³/mol. The predicted octanol–water partition coefficient (Wildman–Crippen LogP) is 4.12. The Morgan fingerprint density at radius 3 is 2.52 bits per heavy atom. The van der Waals surface area contributed by atoms with Gasteiger partial charge in [0.15, 0.2) is 0 Å². The van der Waals surface area contributed by atoms with Crippen molar-refractivity contribution in [2.45, 2.75) is 26.3 Å². The highest BCUT2D eigenvalue weighted by Gasteiger charge is 2.16. The van der Waals surface area contributed by atoms with Crippen LogP contribution < -0.4 is 10.6 Å². The third-order valence-corrected chi connectivity index (χ3v) is 4.24. The molecule has 0 saturated heterocycles. The summed E-state index contributed by atoms with van der Waals surface area (Å²) in [6, 6.07) is 14.0. The number of rotatable bonds is 8. The summed E-state index contributed by atoms with van der Waals surface area (Å²) in [6.45, 7) is 4.91. The van der Waals surface area contributed by atoms with Crippen LogP contribution in [0.25, 0.3) is 0 Å². The molecule has 1 amide bonds. The minimum Gasteiger partial charge on any atom is -0.355 e. The van der Waals surface area contributed by atoms with E-state index in [9.17, 15) is 9.18 Å². The Balaban J connectivity index is 1.79. The van der Waals surface area contributed by atoms with E-state index in [1.54, 1.807) is 12.1 Å². The van der Waals surface area contributed by atoms with E-state index in [-0.39, 0.29) is 30.2 Å². The van der Waals surface area contributed by atoms with Crippen molar-refractivity contribution in [1.82, 2.24) is 10.6 Å². The first-order valence-corrected chi connectivity index (χ1v) is 8.83. The van der Waals surface area contributed by atoms with Gasteiger partial charge >= 0.3 is 0 Å². The number of carbonyl (C=O) groups excluding carboxylic acids is 1. The van der Waals surface area contributed by atoms with Crippen molar-refractivity contribution >= 4 is 17.5 Å². The lowest BCUT2D eigenvalue weighted by Gasteiger charge is -2.22. The molecule has 3 nitrogen and oxygen atoms in total. The molecule has 0 saturated carbocycles. The quantitative estimate of drug-likeness (QED) is 0.741. The zero-order valence-electron chi connectivity index (χ0n) is 14.6. The van der Waals surface area contributed by atoms with Crippen molar-refractivity contribution in [3.8, 4) is 0 Å². The number of nitrogens with one attached hydrogen (secondary N) is 2. The van der Waals surface area contributed by atoms with Gasteiger partial charge in [0.25, 0.3) is 0 Å². The minimum atomic E-state index is -0.259. The molecule has 0 spiro atoms. The highest BCUT2D eigenvalue weighted by molar-refractivity contribution is 6.30. The zero-order chi connectivity index (χ0) is 18.2. The third kappa shape index (κ3) is 6.48. The smallest absolute Gasteiger partial charge is 0.233 e. The molecule has 0 unspecified atom stereocenters. The second-order valence-electron chi connectivity index (χ2n) is 6.38. The fourth-order valence-corrected chi connectivity index (χ4v) is 2.93. The van der Waals surface area contributed by atoms with E-state index < -0.39 is 0 Å². The first kappa shape index (κ1) is 19.4. The Morgan fingerprint density at radius 1 is 1.16 bits per heavy atom. The summed E-state index contributed by atoms with van der Waals surface area (Å²) in [5, 5.41) is 6.86. The van der Waals surface area contributed by atoms with Crippen molar-refractivity contribution < 1.29 is 9.18 Å². The maximum atomic E-state index is 13.1. The second kappa shape index (κ2) is 9.54. The molecule has 1 atom stereocenters. The molecule has 0 bridgehead atoms. The number of hydrogen-bond donors (Lipinski definition) is 2. The van der Waals surface area contributed by atoms with Crippen LogP contribution in [0.2, 0.25) is 5.02 Å². The molecule has 2 rings (SSSR count). The van der Waals surface area contributed by atoms with Gasteiger partial charge in [-0.2, -0.15) is 0 Å². The summed E-state index contributed by atoms with van der Waals surface area (Å²) in [4.78, 5) is 12.1. The molecule has 5 heteroatoms. The van der Waals surface area contributed by atoms with Gasteiger partial charge in [-0.1, -0.05) is 49.7 Å². The lowest BCUT2D eigenvalue weighted by atomic mass is 9.96. The number of benzene rings is 2. The average Bonchev–Trinajstić information content (AvgIpc) is 2.56. The maximum absolute atomic E-state index is 13.1. The first-order valence-electron chi connectivity index (χ1n) is 8.45. The molecule has 25 heavy (non-hydrogen) atoms. The molecule has 0 aliphatic carbocycles. The van der Waals surface area contributed by atoms with Crippen LogP contribution in [0, 0.1) is 11.7 Å². The molecule has 0 radical (unpaired) electrons. The van der Waals surface area contributed by atoms with Crippen LogP contribution in [0.5, 0.6) is 0 Å². The van der Waals surface area contributed by atoms with Crippen molar-refractivity contribution in [2.75, 3.05) is 13.1 Å². The number of amides is 1. The molecule has 0 aliphatic rings. The molecular formula is C20H24ClFN2O. The number of carbonyl (C=O) groups is 1. The summed E-state index contributed by atoms with van der Waals surface area (Å²) in [5.74, 6) is -0.0375. The van der Waals surface area contributed by atoms with Gasteiger partial charge in [-0.3, -0.25) is 4.79 Å². The summed E-state index contributed by atoms with van der Waals surface area (Å²) in [5.41, 5.74) is 2.07. The van der Waals surface area contributed by atoms with E-state index >= 15 is 0 Å². The molecule has 0 fully saturated rings. The van der Waals surface area contributed by atoms with Crippen LogP contribution in [-0.4, -0.2) is 19.0 Å². The number of halogens is 2.